The predicted molar refractivity (Wildman–Crippen MR) is 58.2 cm³/mol. The second kappa shape index (κ2) is 8.85. The Kier molecular flexibility index (Phi) is 7.74. The number of esters is 1. The van der Waals surface area contributed by atoms with Crippen molar-refractivity contribution < 1.29 is 34.4 Å². The summed E-state index contributed by atoms with van der Waals surface area (Å²) in [5.41, 5.74) is 0. The molecule has 98 valence electrons. The maximum Gasteiger partial charge on any atom is 0.345 e. The zero-order chi connectivity index (χ0) is 14.0. The number of ether oxygens (including phenoxy) is 1. The fourth-order valence-corrected chi connectivity index (χ4v) is 0.766. The zero-order valence-corrected chi connectivity index (χ0v) is 9.17. The van der Waals surface area contributed by atoms with Crippen LogP contribution in [0.1, 0.15) is 0 Å². The summed E-state index contributed by atoms with van der Waals surface area (Å²) in [5.74, 6) is -3.30. The van der Waals surface area contributed by atoms with E-state index in [-0.39, 0.29) is 6.47 Å². The van der Waals surface area contributed by atoms with Gasteiger partial charge in [0.15, 0.2) is 12.2 Å². The molecule has 0 radical (unpaired) electrons. The van der Waals surface area contributed by atoms with Gasteiger partial charge in [-0.1, -0.05) is 36.4 Å². The highest BCUT2D eigenvalue weighted by atomic mass is 16.6. The van der Waals surface area contributed by atoms with E-state index >= 15 is 0 Å². The summed E-state index contributed by atoms with van der Waals surface area (Å²) in [7, 11) is 0. The summed E-state index contributed by atoms with van der Waals surface area (Å²) in [5, 5.41) is 25.2. The maximum absolute atomic E-state index is 10.4. The van der Waals surface area contributed by atoms with E-state index in [0.29, 0.717) is 0 Å². The maximum atomic E-state index is 10.4. The molecular formula is C11H12O7. The van der Waals surface area contributed by atoms with Crippen molar-refractivity contribution in [1.29, 1.82) is 0 Å². The summed E-state index contributed by atoms with van der Waals surface area (Å²) in [6.07, 6.45) is -4.55. The van der Waals surface area contributed by atoms with E-state index in [9.17, 15) is 14.4 Å². The lowest BCUT2D eigenvalue weighted by molar-refractivity contribution is -0.171. The Morgan fingerprint density at radius 3 is 1.61 bits per heavy atom. The molecule has 7 nitrogen and oxygen atoms in total. The molecule has 2 unspecified atom stereocenters. The van der Waals surface area contributed by atoms with Crippen LogP contribution in [0.2, 0.25) is 0 Å². The predicted octanol–water partition coefficient (Wildman–Crippen LogP) is -0.821. The standard InChI is InChI=1S/C6H6.C5H6O7/c1-2-4-6-5-3-1;6-1-12-5(11)3(8)2(7)4(9)10/h1-6H;1-3,7-8H,(H,9,10). The molecule has 0 aliphatic carbocycles. The summed E-state index contributed by atoms with van der Waals surface area (Å²) >= 11 is 0. The number of hydrogen-bond donors (Lipinski definition) is 3. The number of rotatable bonds is 4. The molecule has 1 rings (SSSR count). The second-order valence-corrected chi connectivity index (χ2v) is 2.92. The van der Waals surface area contributed by atoms with E-state index in [1.165, 1.54) is 0 Å². The third-order valence-corrected chi connectivity index (χ3v) is 1.62. The summed E-state index contributed by atoms with van der Waals surface area (Å²) in [4.78, 5) is 29.8. The molecular weight excluding hydrogens is 244 g/mol. The van der Waals surface area contributed by atoms with Crippen LogP contribution in [-0.4, -0.2) is 45.9 Å². The molecule has 0 heterocycles. The smallest absolute Gasteiger partial charge is 0.345 e. The monoisotopic (exact) mass is 256 g/mol. The molecule has 0 saturated carbocycles. The number of hydrogen-bond acceptors (Lipinski definition) is 6. The fraction of sp³-hybridized carbons (Fsp3) is 0.182. The Balaban J connectivity index is 0.000000397. The lowest BCUT2D eigenvalue weighted by atomic mass is 10.2. The summed E-state index contributed by atoms with van der Waals surface area (Å²) in [6.45, 7) is -0.278. The number of carbonyl (C=O) groups excluding carboxylic acids is 2. The molecule has 1 aromatic carbocycles. The van der Waals surface area contributed by atoms with Crippen LogP contribution in [0.3, 0.4) is 0 Å². The summed E-state index contributed by atoms with van der Waals surface area (Å²) in [6, 6.07) is 12.0. The van der Waals surface area contributed by atoms with E-state index in [2.05, 4.69) is 4.74 Å². The average Bonchev–Trinajstić information content (AvgIpc) is 2.40. The quantitative estimate of drug-likeness (QED) is 0.365. The van der Waals surface area contributed by atoms with Crippen molar-refractivity contribution in [3.05, 3.63) is 36.4 Å². The molecule has 0 saturated heterocycles. The van der Waals surface area contributed by atoms with Gasteiger partial charge in [-0.25, -0.2) is 9.59 Å². The zero-order valence-electron chi connectivity index (χ0n) is 9.17. The van der Waals surface area contributed by atoms with Gasteiger partial charge in [0, 0.05) is 0 Å². The highest BCUT2D eigenvalue weighted by Gasteiger charge is 2.31. The van der Waals surface area contributed by atoms with Crippen molar-refractivity contribution in [3.63, 3.8) is 0 Å². The number of aliphatic carboxylic acids is 1. The molecule has 0 aliphatic heterocycles. The van der Waals surface area contributed by atoms with Crippen LogP contribution in [0.5, 0.6) is 0 Å². The lowest BCUT2D eigenvalue weighted by Gasteiger charge is -2.09. The molecule has 3 N–H and O–H groups in total. The minimum Gasteiger partial charge on any atom is -0.479 e. The number of aliphatic hydroxyl groups excluding tert-OH is 2. The molecule has 18 heavy (non-hydrogen) atoms. The van der Waals surface area contributed by atoms with Crippen LogP contribution in [0.25, 0.3) is 0 Å². The minimum absolute atomic E-state index is 0.278. The number of carbonyl (C=O) groups is 3. The molecule has 0 aromatic heterocycles. The van der Waals surface area contributed by atoms with Crippen LogP contribution >= 0.6 is 0 Å². The van der Waals surface area contributed by atoms with Gasteiger partial charge >= 0.3 is 18.4 Å². The molecule has 2 atom stereocenters. The van der Waals surface area contributed by atoms with Gasteiger partial charge in [0.1, 0.15) is 0 Å². The number of aliphatic hydroxyl groups is 2. The SMILES string of the molecule is O=COC(=O)C(O)C(O)C(=O)O.c1ccccc1. The first kappa shape index (κ1) is 15.8. The van der Waals surface area contributed by atoms with Crippen molar-refractivity contribution in [3.8, 4) is 0 Å². The van der Waals surface area contributed by atoms with E-state index in [1.807, 2.05) is 36.4 Å². The first-order valence-corrected chi connectivity index (χ1v) is 4.73. The van der Waals surface area contributed by atoms with Crippen molar-refractivity contribution in [2.45, 2.75) is 12.2 Å². The van der Waals surface area contributed by atoms with E-state index < -0.39 is 24.1 Å². The lowest BCUT2D eigenvalue weighted by Crippen LogP contribution is -2.40. The summed E-state index contributed by atoms with van der Waals surface area (Å²) < 4.78 is 3.58. The Morgan fingerprint density at radius 2 is 1.33 bits per heavy atom. The van der Waals surface area contributed by atoms with Gasteiger partial charge in [0.25, 0.3) is 0 Å². The van der Waals surface area contributed by atoms with Crippen molar-refractivity contribution in [2.75, 3.05) is 0 Å². The van der Waals surface area contributed by atoms with E-state index in [0.717, 1.165) is 0 Å². The molecule has 7 heteroatoms. The second-order valence-electron chi connectivity index (χ2n) is 2.92. The van der Waals surface area contributed by atoms with Gasteiger partial charge in [0.05, 0.1) is 0 Å². The van der Waals surface area contributed by atoms with Gasteiger partial charge in [-0.05, 0) is 0 Å². The Hall–Kier alpha value is -2.25. The van der Waals surface area contributed by atoms with Gasteiger partial charge < -0.3 is 20.1 Å². The Bertz CT molecular complexity index is 350. The van der Waals surface area contributed by atoms with Crippen LogP contribution in [0.15, 0.2) is 36.4 Å². The van der Waals surface area contributed by atoms with Gasteiger partial charge in [-0.3, -0.25) is 4.79 Å². The van der Waals surface area contributed by atoms with Crippen LogP contribution in [0, 0.1) is 0 Å². The molecule has 0 fully saturated rings. The first-order valence-electron chi connectivity index (χ1n) is 4.73. The van der Waals surface area contributed by atoms with Gasteiger partial charge in [0.2, 0.25) is 0 Å². The molecule has 1 aromatic rings. The van der Waals surface area contributed by atoms with Crippen LogP contribution in [0.4, 0.5) is 0 Å². The highest BCUT2D eigenvalue weighted by Crippen LogP contribution is 1.95. The average molecular weight is 256 g/mol. The van der Waals surface area contributed by atoms with Gasteiger partial charge in [-0.2, -0.15) is 0 Å². The van der Waals surface area contributed by atoms with Crippen molar-refractivity contribution >= 4 is 18.4 Å². The van der Waals surface area contributed by atoms with Gasteiger partial charge in [-0.15, -0.1) is 0 Å². The fourth-order valence-electron chi connectivity index (χ4n) is 0.766. The number of carboxylic acid groups (broad SMARTS) is 1. The number of benzene rings is 1. The molecule has 0 aliphatic rings. The molecule has 0 bridgehead atoms. The topological polar surface area (TPSA) is 121 Å². The Labute approximate surface area is 102 Å². The molecule has 0 spiro atoms. The molecule has 0 amide bonds. The third kappa shape index (κ3) is 6.36. The highest BCUT2D eigenvalue weighted by molar-refractivity contribution is 5.86. The normalized spacial score (nSPS) is 12.3. The third-order valence-electron chi connectivity index (χ3n) is 1.62. The number of carboxylic acids is 1. The minimum atomic E-state index is -2.29. The van der Waals surface area contributed by atoms with Crippen molar-refractivity contribution in [1.82, 2.24) is 0 Å². The van der Waals surface area contributed by atoms with Crippen LogP contribution in [-0.2, 0) is 19.1 Å². The van der Waals surface area contributed by atoms with E-state index in [4.69, 9.17) is 15.3 Å². The van der Waals surface area contributed by atoms with E-state index in [1.54, 1.807) is 0 Å². The largest absolute Gasteiger partial charge is 0.479 e. The van der Waals surface area contributed by atoms with Crippen molar-refractivity contribution in [2.24, 2.45) is 0 Å². The first-order chi connectivity index (χ1) is 8.50. The van der Waals surface area contributed by atoms with Crippen LogP contribution < -0.4 is 0 Å². The Morgan fingerprint density at radius 1 is 0.944 bits per heavy atom.